The third-order valence-corrected chi connectivity index (χ3v) is 5.48. The smallest absolute Gasteiger partial charge is 0.272 e. The van der Waals surface area contributed by atoms with Crippen LogP contribution in [-0.2, 0) is 6.42 Å². The Morgan fingerprint density at radius 2 is 2.07 bits per heavy atom. The summed E-state index contributed by atoms with van der Waals surface area (Å²) < 4.78 is 19.4. The monoisotopic (exact) mass is 413 g/mol. The van der Waals surface area contributed by atoms with Gasteiger partial charge in [-0.05, 0) is 24.1 Å². The van der Waals surface area contributed by atoms with E-state index in [1.165, 1.54) is 18.2 Å². The number of hydrogen-bond donors (Lipinski definition) is 1. The van der Waals surface area contributed by atoms with Gasteiger partial charge in [0.2, 0.25) is 5.88 Å². The summed E-state index contributed by atoms with van der Waals surface area (Å²) >= 11 is 0. The van der Waals surface area contributed by atoms with Gasteiger partial charge in [0.1, 0.15) is 17.7 Å². The number of rotatable bonds is 4. The number of anilines is 1. The predicted molar refractivity (Wildman–Crippen MR) is 109 cm³/mol. The molecule has 0 aromatic carbocycles. The van der Waals surface area contributed by atoms with Crippen molar-refractivity contribution >= 4 is 17.6 Å². The van der Waals surface area contributed by atoms with Crippen LogP contribution in [0.5, 0.6) is 5.88 Å². The summed E-state index contributed by atoms with van der Waals surface area (Å²) in [5.74, 6) is 0.503. The highest BCUT2D eigenvalue weighted by molar-refractivity contribution is 5.95. The first kappa shape index (κ1) is 20.1. The van der Waals surface area contributed by atoms with Crippen LogP contribution in [0, 0.1) is 0 Å². The van der Waals surface area contributed by atoms with Crippen LogP contribution in [0.15, 0.2) is 30.5 Å². The third kappa shape index (κ3) is 4.05. The summed E-state index contributed by atoms with van der Waals surface area (Å²) in [4.78, 5) is 37.4. The fourth-order valence-corrected chi connectivity index (χ4v) is 3.89. The molecule has 30 heavy (non-hydrogen) atoms. The van der Waals surface area contributed by atoms with E-state index in [-0.39, 0.29) is 31.3 Å². The number of fused-ring (bicyclic) bond motifs is 1. The molecule has 1 N–H and O–H groups in total. The van der Waals surface area contributed by atoms with Crippen molar-refractivity contribution in [2.75, 3.05) is 38.7 Å². The van der Waals surface area contributed by atoms with Crippen molar-refractivity contribution in [1.82, 2.24) is 20.2 Å². The predicted octanol–water partition coefficient (Wildman–Crippen LogP) is 1.46. The molecule has 9 heteroatoms. The Kier molecular flexibility index (Phi) is 5.52. The zero-order chi connectivity index (χ0) is 21.3. The molecule has 2 aromatic heterocycles. The maximum atomic E-state index is 14.4. The van der Waals surface area contributed by atoms with Gasteiger partial charge in [-0.15, -0.1) is 0 Å². The molecular weight excluding hydrogens is 389 g/mol. The number of carbonyl (C=O) groups is 2. The van der Waals surface area contributed by atoms with Gasteiger partial charge >= 0.3 is 0 Å². The van der Waals surface area contributed by atoms with Gasteiger partial charge in [0.05, 0.1) is 19.2 Å². The van der Waals surface area contributed by atoms with Crippen LogP contribution in [-0.4, -0.2) is 72.7 Å². The second kappa shape index (κ2) is 8.25. The zero-order valence-electron chi connectivity index (χ0n) is 17.0. The number of alkyl halides is 1. The maximum absolute atomic E-state index is 14.4. The number of piperidine rings is 1. The molecule has 2 aromatic rings. The standard InChI is InChI=1S/C21H24FN5O3/c1-26-8-7-13-3-5-17(25-19(13)26)21(29)27-11-15(22)9-16(12-27)24-20(28)14-4-6-18(30-2)23-10-14/h3-6,10,15-16H,7-9,11-12H2,1-2H3,(H,24,28)/t15-,16+/m1/s1. The van der Waals surface area contributed by atoms with E-state index in [0.717, 1.165) is 24.3 Å². The Labute approximate surface area is 174 Å². The van der Waals surface area contributed by atoms with E-state index in [9.17, 15) is 14.0 Å². The number of nitrogens with one attached hydrogen (secondary N) is 1. The number of amides is 2. The van der Waals surface area contributed by atoms with Crippen molar-refractivity contribution < 1.29 is 18.7 Å². The lowest BCUT2D eigenvalue weighted by molar-refractivity contribution is 0.0557. The lowest BCUT2D eigenvalue weighted by atomic mass is 10.0. The van der Waals surface area contributed by atoms with Crippen molar-refractivity contribution in [3.63, 3.8) is 0 Å². The summed E-state index contributed by atoms with van der Waals surface area (Å²) in [6.45, 7) is 1.08. The van der Waals surface area contributed by atoms with E-state index < -0.39 is 12.2 Å². The molecule has 4 rings (SSSR count). The van der Waals surface area contributed by atoms with E-state index in [2.05, 4.69) is 15.3 Å². The van der Waals surface area contributed by atoms with Gasteiger partial charge in [-0.2, -0.15) is 0 Å². The molecule has 4 heterocycles. The molecule has 2 aliphatic rings. The fraction of sp³-hybridized carbons (Fsp3) is 0.429. The maximum Gasteiger partial charge on any atom is 0.272 e. The number of likely N-dealkylation sites (tertiary alicyclic amines) is 1. The summed E-state index contributed by atoms with van der Waals surface area (Å²) in [6, 6.07) is 6.28. The molecule has 2 atom stereocenters. The summed E-state index contributed by atoms with van der Waals surface area (Å²) in [6.07, 6.45) is 1.23. The molecule has 0 spiro atoms. The van der Waals surface area contributed by atoms with Crippen molar-refractivity contribution in [3.8, 4) is 5.88 Å². The van der Waals surface area contributed by atoms with E-state index >= 15 is 0 Å². The van der Waals surface area contributed by atoms with Gasteiger partial charge in [-0.3, -0.25) is 9.59 Å². The summed E-state index contributed by atoms with van der Waals surface area (Å²) in [5, 5.41) is 2.81. The number of nitrogens with zero attached hydrogens (tertiary/aromatic N) is 4. The molecule has 1 saturated heterocycles. The van der Waals surface area contributed by atoms with E-state index in [1.807, 2.05) is 18.0 Å². The molecule has 0 unspecified atom stereocenters. The number of likely N-dealkylation sites (N-methyl/N-ethyl adjacent to an activating group) is 1. The minimum Gasteiger partial charge on any atom is -0.481 e. The first-order valence-corrected chi connectivity index (χ1v) is 9.90. The Morgan fingerprint density at radius 3 is 2.80 bits per heavy atom. The number of methoxy groups -OCH3 is 1. The highest BCUT2D eigenvalue weighted by atomic mass is 19.1. The van der Waals surface area contributed by atoms with Crippen molar-refractivity contribution in [2.24, 2.45) is 0 Å². The minimum absolute atomic E-state index is 0.0100. The lowest BCUT2D eigenvalue weighted by Gasteiger charge is -2.35. The summed E-state index contributed by atoms with van der Waals surface area (Å²) in [5.41, 5.74) is 1.74. The van der Waals surface area contributed by atoms with E-state index in [1.54, 1.807) is 18.2 Å². The average Bonchev–Trinajstić information content (AvgIpc) is 3.13. The van der Waals surface area contributed by atoms with Crippen LogP contribution in [0.2, 0.25) is 0 Å². The van der Waals surface area contributed by atoms with E-state index in [0.29, 0.717) is 17.1 Å². The highest BCUT2D eigenvalue weighted by Crippen LogP contribution is 2.25. The first-order valence-electron chi connectivity index (χ1n) is 9.90. The Hall–Kier alpha value is -3.23. The van der Waals surface area contributed by atoms with Crippen molar-refractivity contribution in [1.29, 1.82) is 0 Å². The molecule has 158 valence electrons. The van der Waals surface area contributed by atoms with Crippen molar-refractivity contribution in [2.45, 2.75) is 25.1 Å². The molecule has 0 radical (unpaired) electrons. The van der Waals surface area contributed by atoms with Gasteiger partial charge in [0, 0.05) is 44.9 Å². The number of halogens is 1. The molecule has 0 aliphatic carbocycles. The second-order valence-corrected chi connectivity index (χ2v) is 7.65. The number of hydrogen-bond acceptors (Lipinski definition) is 6. The van der Waals surface area contributed by atoms with Crippen LogP contribution < -0.4 is 15.0 Å². The Morgan fingerprint density at radius 1 is 1.23 bits per heavy atom. The van der Waals surface area contributed by atoms with E-state index in [4.69, 9.17) is 4.74 Å². The topological polar surface area (TPSA) is 87.7 Å². The molecular formula is C21H24FN5O3. The zero-order valence-corrected chi connectivity index (χ0v) is 17.0. The van der Waals surface area contributed by atoms with Gasteiger partial charge < -0.3 is 19.9 Å². The quantitative estimate of drug-likeness (QED) is 0.817. The van der Waals surface area contributed by atoms with Crippen LogP contribution in [0.3, 0.4) is 0 Å². The van der Waals surface area contributed by atoms with Crippen LogP contribution in [0.1, 0.15) is 32.8 Å². The minimum atomic E-state index is -1.22. The molecule has 0 bridgehead atoms. The number of pyridine rings is 2. The Bertz CT molecular complexity index is 952. The van der Waals surface area contributed by atoms with Crippen LogP contribution in [0.25, 0.3) is 0 Å². The second-order valence-electron chi connectivity index (χ2n) is 7.65. The Balaban J connectivity index is 1.44. The number of ether oxygens (including phenoxy) is 1. The average molecular weight is 413 g/mol. The fourth-order valence-electron chi connectivity index (χ4n) is 3.89. The van der Waals surface area contributed by atoms with Gasteiger partial charge in [-0.1, -0.05) is 6.07 Å². The normalized spacial score (nSPS) is 20.6. The largest absolute Gasteiger partial charge is 0.481 e. The molecule has 1 fully saturated rings. The number of carbonyl (C=O) groups excluding carboxylic acids is 2. The molecule has 8 nitrogen and oxygen atoms in total. The highest BCUT2D eigenvalue weighted by Gasteiger charge is 2.32. The molecule has 2 amide bonds. The van der Waals surface area contributed by atoms with Gasteiger partial charge in [-0.25, -0.2) is 14.4 Å². The first-order chi connectivity index (χ1) is 14.4. The van der Waals surface area contributed by atoms with Crippen molar-refractivity contribution in [3.05, 3.63) is 47.3 Å². The lowest BCUT2D eigenvalue weighted by Crippen LogP contribution is -2.53. The molecule has 2 aliphatic heterocycles. The van der Waals surface area contributed by atoms with Gasteiger partial charge in [0.15, 0.2) is 0 Å². The molecule has 0 saturated carbocycles. The third-order valence-electron chi connectivity index (χ3n) is 5.48. The van der Waals surface area contributed by atoms with Gasteiger partial charge in [0.25, 0.3) is 11.8 Å². The van der Waals surface area contributed by atoms with Crippen LogP contribution in [0.4, 0.5) is 10.2 Å². The SMILES string of the molecule is COc1ccc(C(=O)N[C@H]2C[C@@H](F)CN(C(=O)c3ccc4c(n3)N(C)CC4)C2)cn1. The summed E-state index contributed by atoms with van der Waals surface area (Å²) in [7, 11) is 3.43. The number of aromatic nitrogens is 2. The van der Waals surface area contributed by atoms with Crippen LogP contribution >= 0.6 is 0 Å².